The normalized spacial score (nSPS) is 25.4. The van der Waals surface area contributed by atoms with E-state index in [2.05, 4.69) is 12.2 Å². The maximum atomic E-state index is 11.5. The Morgan fingerprint density at radius 3 is 2.44 bits per heavy atom. The van der Waals surface area contributed by atoms with Crippen molar-refractivity contribution in [1.82, 2.24) is 5.32 Å². The zero-order valence-corrected chi connectivity index (χ0v) is 10.6. The molecule has 3 heteroatoms. The molecule has 0 atom stereocenters. The second-order valence-corrected chi connectivity index (χ2v) is 4.82. The first-order valence-electron chi connectivity index (χ1n) is 6.56. The van der Waals surface area contributed by atoms with E-state index in [4.69, 9.17) is 4.74 Å². The third-order valence-electron chi connectivity index (χ3n) is 3.61. The van der Waals surface area contributed by atoms with E-state index in [0.29, 0.717) is 18.9 Å². The third kappa shape index (κ3) is 4.97. The predicted molar refractivity (Wildman–Crippen MR) is 65.2 cm³/mol. The van der Waals surface area contributed by atoms with Gasteiger partial charge in [0.15, 0.2) is 0 Å². The molecule has 1 N–H and O–H groups in total. The summed E-state index contributed by atoms with van der Waals surface area (Å²) in [5, 5.41) is 2.96. The molecule has 1 saturated carbocycles. The molecule has 1 rings (SSSR count). The average molecular weight is 227 g/mol. The van der Waals surface area contributed by atoms with Gasteiger partial charge in [0.1, 0.15) is 6.61 Å². The molecule has 0 amide bonds. The van der Waals surface area contributed by atoms with Crippen molar-refractivity contribution in [2.24, 2.45) is 11.8 Å². The second kappa shape index (κ2) is 7.66. The minimum Gasteiger partial charge on any atom is -0.464 e. The highest BCUT2D eigenvalue weighted by molar-refractivity contribution is 5.69. The van der Waals surface area contributed by atoms with Gasteiger partial charge in [0, 0.05) is 13.0 Å². The van der Waals surface area contributed by atoms with Crippen LogP contribution in [0.25, 0.3) is 0 Å². The van der Waals surface area contributed by atoms with Crippen LogP contribution in [-0.2, 0) is 9.53 Å². The number of carbonyl (C=O) groups is 1. The zero-order chi connectivity index (χ0) is 11.8. The largest absolute Gasteiger partial charge is 0.464 e. The van der Waals surface area contributed by atoms with Crippen LogP contribution in [0.4, 0.5) is 0 Å². The monoisotopic (exact) mass is 227 g/mol. The van der Waals surface area contributed by atoms with Crippen LogP contribution in [0.2, 0.25) is 0 Å². The summed E-state index contributed by atoms with van der Waals surface area (Å²) in [5.41, 5.74) is 0. The lowest BCUT2D eigenvalue weighted by atomic mass is 9.79. The lowest BCUT2D eigenvalue weighted by Crippen LogP contribution is -2.21. The van der Waals surface area contributed by atoms with Crippen LogP contribution in [0.1, 0.15) is 45.4 Å². The second-order valence-electron chi connectivity index (χ2n) is 4.82. The summed E-state index contributed by atoms with van der Waals surface area (Å²) in [6.07, 6.45) is 6.93. The van der Waals surface area contributed by atoms with E-state index in [0.717, 1.165) is 12.5 Å². The van der Waals surface area contributed by atoms with E-state index in [1.54, 1.807) is 0 Å². The Labute approximate surface area is 98.9 Å². The lowest BCUT2D eigenvalue weighted by molar-refractivity contribution is -0.144. The van der Waals surface area contributed by atoms with Gasteiger partial charge in [-0.1, -0.05) is 26.2 Å². The number of nitrogens with one attached hydrogen (secondary N) is 1. The molecule has 0 aromatic carbocycles. The lowest BCUT2D eigenvalue weighted by Gasteiger charge is -2.27. The van der Waals surface area contributed by atoms with Crippen molar-refractivity contribution < 1.29 is 9.53 Å². The SMILES string of the molecule is CCC1CCC(CC(=O)OCCNC)CC1. The minimum absolute atomic E-state index is 0.0183. The van der Waals surface area contributed by atoms with Crippen LogP contribution in [0.15, 0.2) is 0 Å². The molecule has 16 heavy (non-hydrogen) atoms. The van der Waals surface area contributed by atoms with E-state index in [9.17, 15) is 4.79 Å². The van der Waals surface area contributed by atoms with Gasteiger partial charge in [-0.15, -0.1) is 0 Å². The fraction of sp³-hybridized carbons (Fsp3) is 0.923. The van der Waals surface area contributed by atoms with Crippen molar-refractivity contribution in [3.05, 3.63) is 0 Å². The summed E-state index contributed by atoms with van der Waals surface area (Å²) >= 11 is 0. The zero-order valence-electron chi connectivity index (χ0n) is 10.6. The maximum absolute atomic E-state index is 11.5. The van der Waals surface area contributed by atoms with E-state index in [-0.39, 0.29) is 5.97 Å². The molecule has 1 aliphatic carbocycles. The van der Waals surface area contributed by atoms with Gasteiger partial charge < -0.3 is 10.1 Å². The van der Waals surface area contributed by atoms with E-state index in [1.807, 2.05) is 7.05 Å². The molecular formula is C13H25NO2. The number of rotatable bonds is 6. The van der Waals surface area contributed by atoms with E-state index >= 15 is 0 Å². The Morgan fingerprint density at radius 1 is 1.25 bits per heavy atom. The van der Waals surface area contributed by atoms with Crippen LogP contribution in [0.5, 0.6) is 0 Å². The highest BCUT2D eigenvalue weighted by atomic mass is 16.5. The highest BCUT2D eigenvalue weighted by Gasteiger charge is 2.22. The molecule has 94 valence electrons. The van der Waals surface area contributed by atoms with Gasteiger partial charge >= 0.3 is 5.97 Å². The Kier molecular flexibility index (Phi) is 6.46. The summed E-state index contributed by atoms with van der Waals surface area (Å²) in [6.45, 7) is 3.50. The first-order valence-corrected chi connectivity index (χ1v) is 6.56. The molecular weight excluding hydrogens is 202 g/mol. The Morgan fingerprint density at radius 2 is 1.88 bits per heavy atom. The minimum atomic E-state index is -0.0183. The molecule has 1 fully saturated rings. The summed E-state index contributed by atoms with van der Waals surface area (Å²) in [6, 6.07) is 0. The molecule has 0 spiro atoms. The van der Waals surface area contributed by atoms with Gasteiger partial charge in [-0.3, -0.25) is 4.79 Å². The topological polar surface area (TPSA) is 38.3 Å². The molecule has 1 aliphatic rings. The molecule has 0 heterocycles. The smallest absolute Gasteiger partial charge is 0.306 e. The molecule has 3 nitrogen and oxygen atoms in total. The fourth-order valence-corrected chi connectivity index (χ4v) is 2.41. The summed E-state index contributed by atoms with van der Waals surface area (Å²) in [7, 11) is 1.86. The van der Waals surface area contributed by atoms with Gasteiger partial charge in [-0.05, 0) is 31.7 Å². The molecule has 0 aliphatic heterocycles. The van der Waals surface area contributed by atoms with Gasteiger partial charge in [0.25, 0.3) is 0 Å². The van der Waals surface area contributed by atoms with Crippen molar-refractivity contribution in [3.8, 4) is 0 Å². The average Bonchev–Trinajstić information content (AvgIpc) is 2.30. The van der Waals surface area contributed by atoms with Gasteiger partial charge in [-0.2, -0.15) is 0 Å². The van der Waals surface area contributed by atoms with Crippen LogP contribution in [0.3, 0.4) is 0 Å². The molecule has 0 aromatic heterocycles. The van der Waals surface area contributed by atoms with Crippen molar-refractivity contribution in [2.75, 3.05) is 20.2 Å². The van der Waals surface area contributed by atoms with Crippen LogP contribution >= 0.6 is 0 Å². The number of hydrogen-bond donors (Lipinski definition) is 1. The first kappa shape index (κ1) is 13.5. The maximum Gasteiger partial charge on any atom is 0.306 e. The molecule has 0 saturated heterocycles. The number of esters is 1. The van der Waals surface area contributed by atoms with E-state index < -0.39 is 0 Å². The Hall–Kier alpha value is -0.570. The van der Waals surface area contributed by atoms with Gasteiger partial charge in [0.05, 0.1) is 0 Å². The molecule has 0 aromatic rings. The van der Waals surface area contributed by atoms with Crippen LogP contribution < -0.4 is 5.32 Å². The van der Waals surface area contributed by atoms with Gasteiger partial charge in [0.2, 0.25) is 0 Å². The number of ether oxygens (including phenoxy) is 1. The van der Waals surface area contributed by atoms with Crippen molar-refractivity contribution >= 4 is 5.97 Å². The Balaban J connectivity index is 2.10. The third-order valence-corrected chi connectivity index (χ3v) is 3.61. The predicted octanol–water partition coefficient (Wildman–Crippen LogP) is 2.36. The molecule has 0 bridgehead atoms. The van der Waals surface area contributed by atoms with Crippen LogP contribution in [-0.4, -0.2) is 26.2 Å². The summed E-state index contributed by atoms with van der Waals surface area (Å²) in [5.74, 6) is 1.46. The summed E-state index contributed by atoms with van der Waals surface area (Å²) in [4.78, 5) is 11.5. The fourth-order valence-electron chi connectivity index (χ4n) is 2.41. The van der Waals surface area contributed by atoms with E-state index in [1.165, 1.54) is 32.1 Å². The quantitative estimate of drug-likeness (QED) is 0.559. The molecule has 0 radical (unpaired) electrons. The number of carbonyl (C=O) groups excluding carboxylic acids is 1. The van der Waals surface area contributed by atoms with Crippen molar-refractivity contribution in [2.45, 2.75) is 45.4 Å². The molecule has 0 unspecified atom stereocenters. The van der Waals surface area contributed by atoms with Gasteiger partial charge in [-0.25, -0.2) is 0 Å². The number of hydrogen-bond acceptors (Lipinski definition) is 3. The first-order chi connectivity index (χ1) is 7.76. The Bertz CT molecular complexity index is 198. The van der Waals surface area contributed by atoms with Crippen molar-refractivity contribution in [3.63, 3.8) is 0 Å². The number of likely N-dealkylation sites (N-methyl/N-ethyl adjacent to an activating group) is 1. The van der Waals surface area contributed by atoms with Crippen LogP contribution in [0, 0.1) is 11.8 Å². The highest BCUT2D eigenvalue weighted by Crippen LogP contribution is 2.32. The van der Waals surface area contributed by atoms with Crippen molar-refractivity contribution in [1.29, 1.82) is 0 Å². The standard InChI is InChI=1S/C13H25NO2/c1-3-11-4-6-12(7-5-11)10-13(15)16-9-8-14-2/h11-12,14H,3-10H2,1-2H3. The summed E-state index contributed by atoms with van der Waals surface area (Å²) < 4.78 is 5.14.